The molecule has 0 bridgehead atoms. The van der Waals surface area contributed by atoms with Crippen molar-refractivity contribution < 1.29 is 4.79 Å². The summed E-state index contributed by atoms with van der Waals surface area (Å²) >= 11 is 11.2. The molecule has 1 amide bonds. The Bertz CT molecular complexity index is 424. The molecule has 92 valence electrons. The maximum atomic E-state index is 11.9. The number of carbonyl (C=O) groups is 1. The molecular formula is C11H12BrClN2OS. The first-order chi connectivity index (χ1) is 8.16. The van der Waals surface area contributed by atoms with Crippen molar-refractivity contribution in [3.05, 3.63) is 27.7 Å². The first kappa shape index (κ1) is 13.2. The lowest BCUT2D eigenvalue weighted by molar-refractivity contribution is -0.117. The molecule has 1 aromatic carbocycles. The molecule has 0 radical (unpaired) electrons. The number of anilines is 1. The molecule has 1 aromatic rings. The third-order valence-corrected chi connectivity index (χ3v) is 4.29. The highest BCUT2D eigenvalue weighted by Gasteiger charge is 2.21. The molecule has 1 unspecified atom stereocenters. The molecule has 0 aromatic heterocycles. The van der Waals surface area contributed by atoms with Crippen LogP contribution in [0, 0.1) is 0 Å². The highest BCUT2D eigenvalue weighted by molar-refractivity contribution is 9.10. The molecule has 1 saturated heterocycles. The Morgan fingerprint density at radius 3 is 3.06 bits per heavy atom. The van der Waals surface area contributed by atoms with Gasteiger partial charge >= 0.3 is 0 Å². The van der Waals surface area contributed by atoms with Crippen LogP contribution >= 0.6 is 39.3 Å². The number of nitrogens with one attached hydrogen (secondary N) is 2. The molecule has 2 N–H and O–H groups in total. The molecule has 1 atom stereocenters. The van der Waals surface area contributed by atoms with E-state index in [2.05, 4.69) is 26.6 Å². The van der Waals surface area contributed by atoms with Gasteiger partial charge in [0.15, 0.2) is 0 Å². The van der Waals surface area contributed by atoms with Crippen LogP contribution in [0.3, 0.4) is 0 Å². The Morgan fingerprint density at radius 2 is 2.41 bits per heavy atom. The standard InChI is InChI=1S/C11H12BrClN2OS/c12-7-1-2-9(8(13)5-7)15-11(16)10-6-17-4-3-14-10/h1-2,5,10,14H,3-4,6H2,(H,15,16). The Kier molecular flexibility index (Phi) is 4.73. The minimum Gasteiger partial charge on any atom is -0.323 e. The van der Waals surface area contributed by atoms with Crippen LogP contribution in [0.5, 0.6) is 0 Å². The number of rotatable bonds is 2. The van der Waals surface area contributed by atoms with Crippen LogP contribution in [0.2, 0.25) is 5.02 Å². The Labute approximate surface area is 118 Å². The molecule has 17 heavy (non-hydrogen) atoms. The minimum atomic E-state index is -0.131. The average molecular weight is 336 g/mol. The summed E-state index contributed by atoms with van der Waals surface area (Å²) < 4.78 is 0.895. The molecule has 1 heterocycles. The van der Waals surface area contributed by atoms with Gasteiger partial charge in [0.2, 0.25) is 5.91 Å². The predicted molar refractivity (Wildman–Crippen MR) is 76.9 cm³/mol. The molecule has 6 heteroatoms. The summed E-state index contributed by atoms with van der Waals surface area (Å²) in [5, 5.41) is 6.56. The van der Waals surface area contributed by atoms with E-state index in [-0.39, 0.29) is 11.9 Å². The fraction of sp³-hybridized carbons (Fsp3) is 0.364. The molecule has 1 aliphatic rings. The van der Waals surface area contributed by atoms with Gasteiger partial charge in [-0.2, -0.15) is 11.8 Å². The van der Waals surface area contributed by atoms with Crippen molar-refractivity contribution in [3.8, 4) is 0 Å². The van der Waals surface area contributed by atoms with E-state index in [0.717, 1.165) is 22.5 Å². The zero-order valence-electron chi connectivity index (χ0n) is 9.00. The fourth-order valence-corrected chi connectivity index (χ4v) is 3.20. The van der Waals surface area contributed by atoms with Gasteiger partial charge in [0, 0.05) is 22.5 Å². The van der Waals surface area contributed by atoms with Gasteiger partial charge in [-0.1, -0.05) is 27.5 Å². The van der Waals surface area contributed by atoms with Gasteiger partial charge in [0.1, 0.15) is 0 Å². The van der Waals surface area contributed by atoms with Crippen molar-refractivity contribution in [1.29, 1.82) is 0 Å². The SMILES string of the molecule is O=C(Nc1ccc(Br)cc1Cl)C1CSCCN1. The van der Waals surface area contributed by atoms with E-state index in [0.29, 0.717) is 10.7 Å². The van der Waals surface area contributed by atoms with Crippen molar-refractivity contribution in [2.24, 2.45) is 0 Å². The summed E-state index contributed by atoms with van der Waals surface area (Å²) in [5.41, 5.74) is 0.650. The molecule has 2 rings (SSSR count). The second kappa shape index (κ2) is 6.09. The van der Waals surface area contributed by atoms with Crippen molar-refractivity contribution in [3.63, 3.8) is 0 Å². The van der Waals surface area contributed by atoms with E-state index < -0.39 is 0 Å². The lowest BCUT2D eigenvalue weighted by atomic mass is 10.2. The van der Waals surface area contributed by atoms with Crippen molar-refractivity contribution >= 4 is 50.9 Å². The number of benzene rings is 1. The Hall–Kier alpha value is -0.230. The highest BCUT2D eigenvalue weighted by Crippen LogP contribution is 2.25. The predicted octanol–water partition coefficient (Wildman–Crippen LogP) is 2.75. The van der Waals surface area contributed by atoms with Gasteiger partial charge in [0.05, 0.1) is 16.8 Å². The van der Waals surface area contributed by atoms with Crippen LogP contribution in [0.15, 0.2) is 22.7 Å². The van der Waals surface area contributed by atoms with Gasteiger partial charge in [-0.25, -0.2) is 0 Å². The first-order valence-corrected chi connectivity index (χ1v) is 7.56. The van der Waals surface area contributed by atoms with E-state index in [1.54, 1.807) is 23.9 Å². The smallest absolute Gasteiger partial charge is 0.242 e. The fourth-order valence-electron chi connectivity index (χ4n) is 1.54. The zero-order valence-corrected chi connectivity index (χ0v) is 12.2. The molecule has 1 fully saturated rings. The number of halogens is 2. The summed E-state index contributed by atoms with van der Waals surface area (Å²) in [5.74, 6) is 1.84. The second-order valence-electron chi connectivity index (χ2n) is 3.70. The summed E-state index contributed by atoms with van der Waals surface area (Å²) in [4.78, 5) is 11.9. The number of amides is 1. The lowest BCUT2D eigenvalue weighted by Gasteiger charge is -2.22. The van der Waals surface area contributed by atoms with Crippen LogP contribution in [0.4, 0.5) is 5.69 Å². The monoisotopic (exact) mass is 334 g/mol. The number of carbonyl (C=O) groups excluding carboxylic acids is 1. The molecule has 0 spiro atoms. The number of hydrogen-bond donors (Lipinski definition) is 2. The third-order valence-electron chi connectivity index (χ3n) is 2.43. The van der Waals surface area contributed by atoms with E-state index in [4.69, 9.17) is 11.6 Å². The summed E-state index contributed by atoms with van der Waals surface area (Å²) in [6, 6.07) is 5.28. The molecule has 1 aliphatic heterocycles. The van der Waals surface area contributed by atoms with E-state index >= 15 is 0 Å². The first-order valence-electron chi connectivity index (χ1n) is 5.24. The third kappa shape index (κ3) is 3.61. The van der Waals surface area contributed by atoms with Gasteiger partial charge in [-0.15, -0.1) is 0 Å². The Balaban J connectivity index is 2.02. The van der Waals surface area contributed by atoms with Crippen molar-refractivity contribution in [2.45, 2.75) is 6.04 Å². The van der Waals surface area contributed by atoms with Crippen molar-refractivity contribution in [1.82, 2.24) is 5.32 Å². The van der Waals surface area contributed by atoms with Crippen LogP contribution in [0.25, 0.3) is 0 Å². The van der Waals surface area contributed by atoms with E-state index in [1.807, 2.05) is 6.07 Å². The average Bonchev–Trinajstić information content (AvgIpc) is 2.34. The molecule has 3 nitrogen and oxygen atoms in total. The largest absolute Gasteiger partial charge is 0.323 e. The Morgan fingerprint density at radius 1 is 1.59 bits per heavy atom. The number of thioether (sulfide) groups is 1. The quantitative estimate of drug-likeness (QED) is 0.873. The minimum absolute atomic E-state index is 0.0265. The molecule has 0 saturated carbocycles. The summed E-state index contributed by atoms with van der Waals surface area (Å²) in [6.07, 6.45) is 0. The van der Waals surface area contributed by atoms with Crippen LogP contribution in [-0.2, 0) is 4.79 Å². The topological polar surface area (TPSA) is 41.1 Å². The maximum Gasteiger partial charge on any atom is 0.242 e. The van der Waals surface area contributed by atoms with Gasteiger partial charge in [-0.05, 0) is 18.2 Å². The molecular weight excluding hydrogens is 324 g/mol. The highest BCUT2D eigenvalue weighted by atomic mass is 79.9. The lowest BCUT2D eigenvalue weighted by Crippen LogP contribution is -2.46. The maximum absolute atomic E-state index is 11.9. The normalized spacial score (nSPS) is 20.0. The zero-order chi connectivity index (χ0) is 12.3. The van der Waals surface area contributed by atoms with Gasteiger partial charge in [0.25, 0.3) is 0 Å². The van der Waals surface area contributed by atoms with Crippen molar-refractivity contribution in [2.75, 3.05) is 23.4 Å². The second-order valence-corrected chi connectivity index (χ2v) is 6.17. The summed E-state index contributed by atoms with van der Waals surface area (Å²) in [6.45, 7) is 0.872. The van der Waals surface area contributed by atoms with Crippen LogP contribution in [0.1, 0.15) is 0 Å². The van der Waals surface area contributed by atoms with Gasteiger partial charge in [-0.3, -0.25) is 4.79 Å². The van der Waals surface area contributed by atoms with E-state index in [1.165, 1.54) is 0 Å². The van der Waals surface area contributed by atoms with Gasteiger partial charge < -0.3 is 10.6 Å². The summed E-state index contributed by atoms with van der Waals surface area (Å²) in [7, 11) is 0. The molecule has 0 aliphatic carbocycles. The van der Waals surface area contributed by atoms with E-state index in [9.17, 15) is 4.79 Å². The number of hydrogen-bond acceptors (Lipinski definition) is 3. The van der Waals surface area contributed by atoms with Crippen LogP contribution in [-0.4, -0.2) is 30.0 Å². The van der Waals surface area contributed by atoms with Crippen LogP contribution < -0.4 is 10.6 Å².